The Bertz CT molecular complexity index is 701. The lowest BCUT2D eigenvalue weighted by molar-refractivity contribution is -0.142. The molecule has 0 spiro atoms. The second-order valence-electron chi connectivity index (χ2n) is 7.25. The molecule has 0 aliphatic carbocycles. The molecule has 0 aromatic heterocycles. The van der Waals surface area contributed by atoms with E-state index in [0.29, 0.717) is 31.7 Å². The van der Waals surface area contributed by atoms with Crippen LogP contribution in [0.2, 0.25) is 0 Å². The van der Waals surface area contributed by atoms with Crippen LogP contribution in [-0.2, 0) is 20.8 Å². The number of benzene rings is 1. The number of nitrogens with zero attached hydrogens (tertiary/aromatic N) is 1. The summed E-state index contributed by atoms with van der Waals surface area (Å²) in [5.41, 5.74) is 0.738. The van der Waals surface area contributed by atoms with E-state index in [-0.39, 0.29) is 25.0 Å². The lowest BCUT2D eigenvalue weighted by atomic mass is 10.1. The molecule has 4 N–H and O–H groups in total. The molecule has 1 heterocycles. The average molecular weight is 407 g/mol. The number of piperidine rings is 1. The van der Waals surface area contributed by atoms with E-state index >= 15 is 0 Å². The number of carbonyl (C=O) groups excluding carboxylic acids is 2. The maximum absolute atomic E-state index is 12.4. The molecule has 0 radical (unpaired) electrons. The molecule has 0 saturated carbocycles. The minimum absolute atomic E-state index is 0.113. The van der Waals surface area contributed by atoms with Gasteiger partial charge in [-0.25, -0.2) is 4.79 Å². The van der Waals surface area contributed by atoms with Gasteiger partial charge < -0.3 is 25.6 Å². The maximum Gasteiger partial charge on any atom is 0.326 e. The lowest BCUT2D eigenvalue weighted by Crippen LogP contribution is -2.52. The number of nitrogens with one attached hydrogen (secondary N) is 2. The Morgan fingerprint density at radius 2 is 1.79 bits per heavy atom. The number of carbonyl (C=O) groups is 3. The first kappa shape index (κ1) is 22.6. The van der Waals surface area contributed by atoms with Gasteiger partial charge in [-0.3, -0.25) is 14.5 Å². The van der Waals surface area contributed by atoms with Crippen molar-refractivity contribution in [1.82, 2.24) is 15.5 Å². The molecule has 1 aliphatic rings. The molecule has 1 aromatic rings. The predicted octanol–water partition coefficient (Wildman–Crippen LogP) is -0.231. The molecule has 0 bridgehead atoms. The molecule has 2 atom stereocenters. The van der Waals surface area contributed by atoms with Crippen LogP contribution in [0.3, 0.4) is 0 Å². The van der Waals surface area contributed by atoms with Gasteiger partial charge in [0.05, 0.1) is 19.8 Å². The van der Waals surface area contributed by atoms with Crippen LogP contribution in [-0.4, -0.2) is 77.8 Å². The number of hydrogen-bond donors (Lipinski definition) is 4. The fourth-order valence-electron chi connectivity index (χ4n) is 3.13. The normalized spacial score (nSPS) is 17.2. The summed E-state index contributed by atoms with van der Waals surface area (Å²) in [6.45, 7) is 2.90. The fourth-order valence-corrected chi connectivity index (χ4v) is 3.13. The molecule has 9 nitrogen and oxygen atoms in total. The molecule has 9 heteroatoms. The van der Waals surface area contributed by atoms with Gasteiger partial charge in [-0.15, -0.1) is 0 Å². The van der Waals surface area contributed by atoms with Crippen LogP contribution < -0.4 is 15.4 Å². The molecular weight excluding hydrogens is 378 g/mol. The van der Waals surface area contributed by atoms with Crippen molar-refractivity contribution >= 4 is 17.8 Å². The summed E-state index contributed by atoms with van der Waals surface area (Å²) in [4.78, 5) is 38.0. The molecule has 1 aromatic carbocycles. The average Bonchev–Trinajstić information content (AvgIpc) is 2.69. The predicted molar refractivity (Wildman–Crippen MR) is 106 cm³/mol. The minimum Gasteiger partial charge on any atom is -0.497 e. The number of carboxylic acids is 1. The number of rotatable bonds is 9. The largest absolute Gasteiger partial charge is 0.497 e. The van der Waals surface area contributed by atoms with Crippen molar-refractivity contribution in [2.24, 2.45) is 0 Å². The third-order valence-electron chi connectivity index (χ3n) is 4.91. The highest BCUT2D eigenvalue weighted by atomic mass is 16.5. The van der Waals surface area contributed by atoms with Crippen molar-refractivity contribution in [1.29, 1.82) is 0 Å². The van der Waals surface area contributed by atoms with E-state index in [9.17, 15) is 24.6 Å². The van der Waals surface area contributed by atoms with Crippen molar-refractivity contribution in [2.45, 2.75) is 44.4 Å². The number of aliphatic hydroxyl groups excluding tert-OH is 1. The van der Waals surface area contributed by atoms with Gasteiger partial charge >= 0.3 is 5.97 Å². The van der Waals surface area contributed by atoms with Gasteiger partial charge in [0.15, 0.2) is 0 Å². The molecule has 29 heavy (non-hydrogen) atoms. The smallest absolute Gasteiger partial charge is 0.326 e. The number of amides is 2. The SMILES string of the molecule is COc1ccc(CC(NC(=O)[C@H](C)NC(=O)CN2CCC(O)CC2)C(=O)O)cc1. The Morgan fingerprint density at radius 1 is 1.17 bits per heavy atom. The molecule has 160 valence electrons. The molecule has 1 fully saturated rings. The Labute approximate surface area is 170 Å². The van der Waals surface area contributed by atoms with Gasteiger partial charge in [-0.1, -0.05) is 12.1 Å². The standard InChI is InChI=1S/C20H29N3O6/c1-13(21-18(25)12-23-9-7-15(24)8-10-23)19(26)22-17(20(27)28)11-14-3-5-16(29-2)6-4-14/h3-6,13,15,17,24H,7-12H2,1-2H3,(H,21,25)(H,22,26)(H,27,28)/t13-,17?/m0/s1. The monoisotopic (exact) mass is 407 g/mol. The summed E-state index contributed by atoms with van der Waals surface area (Å²) in [6, 6.07) is 4.94. The third kappa shape index (κ3) is 7.35. The van der Waals surface area contributed by atoms with Crippen LogP contribution in [0.25, 0.3) is 0 Å². The minimum atomic E-state index is -1.15. The summed E-state index contributed by atoms with van der Waals surface area (Å²) >= 11 is 0. The highest BCUT2D eigenvalue weighted by Gasteiger charge is 2.25. The quantitative estimate of drug-likeness (QED) is 0.445. The van der Waals surface area contributed by atoms with Crippen molar-refractivity contribution in [3.05, 3.63) is 29.8 Å². The zero-order valence-corrected chi connectivity index (χ0v) is 16.8. The van der Waals surface area contributed by atoms with Crippen LogP contribution in [0.15, 0.2) is 24.3 Å². The highest BCUT2D eigenvalue weighted by Crippen LogP contribution is 2.13. The van der Waals surface area contributed by atoms with Crippen molar-refractivity contribution in [3.8, 4) is 5.75 Å². The molecule has 2 rings (SSSR count). The van der Waals surface area contributed by atoms with Crippen molar-refractivity contribution in [3.63, 3.8) is 0 Å². The number of ether oxygens (including phenoxy) is 1. The number of methoxy groups -OCH3 is 1. The van der Waals surface area contributed by atoms with Gasteiger partial charge in [-0.2, -0.15) is 0 Å². The Morgan fingerprint density at radius 3 is 2.34 bits per heavy atom. The van der Waals surface area contributed by atoms with Crippen molar-refractivity contribution in [2.75, 3.05) is 26.7 Å². The topological polar surface area (TPSA) is 128 Å². The highest BCUT2D eigenvalue weighted by molar-refractivity contribution is 5.90. The summed E-state index contributed by atoms with van der Waals surface area (Å²) < 4.78 is 5.07. The van der Waals surface area contributed by atoms with E-state index in [1.165, 1.54) is 6.92 Å². The van der Waals surface area contributed by atoms with Gasteiger partial charge in [0.1, 0.15) is 17.8 Å². The third-order valence-corrected chi connectivity index (χ3v) is 4.91. The van der Waals surface area contributed by atoms with E-state index in [4.69, 9.17) is 4.74 Å². The summed E-state index contributed by atoms with van der Waals surface area (Å²) in [5.74, 6) is -1.37. The number of likely N-dealkylation sites (tertiary alicyclic amines) is 1. The maximum atomic E-state index is 12.4. The second-order valence-corrected chi connectivity index (χ2v) is 7.25. The fraction of sp³-hybridized carbons (Fsp3) is 0.550. The van der Waals surface area contributed by atoms with E-state index in [1.54, 1.807) is 31.4 Å². The van der Waals surface area contributed by atoms with Crippen LogP contribution in [0, 0.1) is 0 Å². The van der Waals surface area contributed by atoms with E-state index in [2.05, 4.69) is 10.6 Å². The number of aliphatic hydroxyl groups is 1. The van der Waals surface area contributed by atoms with Crippen LogP contribution in [0.4, 0.5) is 0 Å². The van der Waals surface area contributed by atoms with Crippen LogP contribution in [0.1, 0.15) is 25.3 Å². The molecule has 2 amide bonds. The summed E-state index contributed by atoms with van der Waals surface area (Å²) in [5, 5.41) is 24.0. The van der Waals surface area contributed by atoms with Gasteiger partial charge in [0, 0.05) is 19.5 Å². The first-order valence-electron chi connectivity index (χ1n) is 9.64. The van der Waals surface area contributed by atoms with E-state index in [0.717, 1.165) is 5.56 Å². The molecule has 1 aliphatic heterocycles. The summed E-state index contributed by atoms with van der Waals surface area (Å²) in [6.07, 6.45) is 1.03. The number of carboxylic acid groups (broad SMARTS) is 1. The van der Waals surface area contributed by atoms with Crippen LogP contribution >= 0.6 is 0 Å². The number of hydrogen-bond acceptors (Lipinski definition) is 6. The van der Waals surface area contributed by atoms with Crippen molar-refractivity contribution < 1.29 is 29.3 Å². The summed E-state index contributed by atoms with van der Waals surface area (Å²) in [7, 11) is 1.54. The van der Waals surface area contributed by atoms with Gasteiger partial charge in [-0.05, 0) is 37.5 Å². The Balaban J connectivity index is 1.84. The Hall–Kier alpha value is -2.65. The Kier molecular flexibility index (Phi) is 8.41. The van der Waals surface area contributed by atoms with Gasteiger partial charge in [0.2, 0.25) is 11.8 Å². The number of aliphatic carboxylic acids is 1. The zero-order valence-electron chi connectivity index (χ0n) is 16.8. The molecule has 1 saturated heterocycles. The molecule has 1 unspecified atom stereocenters. The second kappa shape index (κ2) is 10.8. The first-order chi connectivity index (χ1) is 13.8. The lowest BCUT2D eigenvalue weighted by Gasteiger charge is -2.29. The molecular formula is C20H29N3O6. The van der Waals surface area contributed by atoms with E-state index in [1.807, 2.05) is 4.90 Å². The zero-order chi connectivity index (χ0) is 21.4. The first-order valence-corrected chi connectivity index (χ1v) is 9.64. The van der Waals surface area contributed by atoms with Gasteiger partial charge in [0.25, 0.3) is 0 Å². The van der Waals surface area contributed by atoms with Crippen LogP contribution in [0.5, 0.6) is 5.75 Å². The van der Waals surface area contributed by atoms with E-state index < -0.39 is 24.0 Å².